The highest BCUT2D eigenvalue weighted by molar-refractivity contribution is 5.85. The van der Waals surface area contributed by atoms with E-state index < -0.39 is 5.97 Å². The van der Waals surface area contributed by atoms with Gasteiger partial charge >= 0.3 is 5.97 Å². The van der Waals surface area contributed by atoms with Crippen molar-refractivity contribution in [3.8, 4) is 5.75 Å². The third kappa shape index (κ3) is 2.84. The standard InChI is InChI=1S/C12H12N2O3/c1-8-3-2-4-10(5-8)17-7-9-6-11(12(15)16)14-13-9/h2-6H,7H2,1H3,(H,13,14)(H,15,16). The molecule has 2 aromatic rings. The lowest BCUT2D eigenvalue weighted by Crippen LogP contribution is -1.96. The number of ether oxygens (including phenoxy) is 1. The summed E-state index contributed by atoms with van der Waals surface area (Å²) in [5.74, 6) is -0.306. The lowest BCUT2D eigenvalue weighted by Gasteiger charge is -2.04. The van der Waals surface area contributed by atoms with Gasteiger partial charge in [0.15, 0.2) is 5.69 Å². The molecule has 0 aliphatic rings. The molecule has 1 heterocycles. The number of aromatic amines is 1. The van der Waals surface area contributed by atoms with Crippen LogP contribution >= 0.6 is 0 Å². The molecule has 0 atom stereocenters. The highest BCUT2D eigenvalue weighted by Gasteiger charge is 2.08. The summed E-state index contributed by atoms with van der Waals surface area (Å²) in [6.45, 7) is 2.25. The predicted octanol–water partition coefficient (Wildman–Crippen LogP) is 2.00. The third-order valence-corrected chi connectivity index (χ3v) is 2.23. The van der Waals surface area contributed by atoms with Crippen LogP contribution in [0, 0.1) is 6.92 Å². The molecule has 0 spiro atoms. The van der Waals surface area contributed by atoms with Crippen molar-refractivity contribution in [1.29, 1.82) is 0 Å². The Balaban J connectivity index is 2.00. The molecule has 17 heavy (non-hydrogen) atoms. The van der Waals surface area contributed by atoms with Gasteiger partial charge in [0.1, 0.15) is 12.4 Å². The monoisotopic (exact) mass is 232 g/mol. The summed E-state index contributed by atoms with van der Waals surface area (Å²) in [6, 6.07) is 9.10. The Morgan fingerprint density at radius 3 is 2.94 bits per heavy atom. The molecule has 5 nitrogen and oxygen atoms in total. The van der Waals surface area contributed by atoms with Gasteiger partial charge in [-0.05, 0) is 30.7 Å². The zero-order chi connectivity index (χ0) is 12.3. The van der Waals surface area contributed by atoms with E-state index in [4.69, 9.17) is 9.84 Å². The summed E-state index contributed by atoms with van der Waals surface area (Å²) in [4.78, 5) is 10.6. The van der Waals surface area contributed by atoms with Crippen molar-refractivity contribution < 1.29 is 14.6 Å². The normalized spacial score (nSPS) is 10.2. The number of benzene rings is 1. The Morgan fingerprint density at radius 2 is 2.29 bits per heavy atom. The molecule has 5 heteroatoms. The number of rotatable bonds is 4. The number of carboxylic acids is 1. The van der Waals surface area contributed by atoms with Crippen LogP contribution in [0.25, 0.3) is 0 Å². The molecule has 2 rings (SSSR count). The van der Waals surface area contributed by atoms with Crippen LogP contribution in [0.1, 0.15) is 21.7 Å². The van der Waals surface area contributed by atoms with Crippen molar-refractivity contribution >= 4 is 5.97 Å². The minimum absolute atomic E-state index is 0.00663. The van der Waals surface area contributed by atoms with Gasteiger partial charge in [-0.3, -0.25) is 5.10 Å². The lowest BCUT2D eigenvalue weighted by molar-refractivity contribution is 0.0690. The molecule has 2 N–H and O–H groups in total. The van der Waals surface area contributed by atoms with Gasteiger partial charge in [-0.2, -0.15) is 5.10 Å². The molecule has 0 aliphatic heterocycles. The molecular weight excluding hydrogens is 220 g/mol. The Kier molecular flexibility index (Phi) is 3.09. The molecule has 0 amide bonds. The number of aromatic carboxylic acids is 1. The third-order valence-electron chi connectivity index (χ3n) is 2.23. The molecule has 1 aromatic carbocycles. The minimum Gasteiger partial charge on any atom is -0.487 e. The van der Waals surface area contributed by atoms with Gasteiger partial charge in [0.25, 0.3) is 0 Å². The van der Waals surface area contributed by atoms with E-state index in [1.807, 2.05) is 31.2 Å². The first-order chi connectivity index (χ1) is 8.15. The minimum atomic E-state index is -1.05. The Labute approximate surface area is 98.0 Å². The van der Waals surface area contributed by atoms with E-state index in [2.05, 4.69) is 10.2 Å². The molecule has 0 saturated heterocycles. The number of hydrogen-bond acceptors (Lipinski definition) is 3. The van der Waals surface area contributed by atoms with Crippen LogP contribution in [0.3, 0.4) is 0 Å². The molecule has 0 fully saturated rings. The summed E-state index contributed by atoms with van der Waals surface area (Å²) in [5, 5.41) is 15.0. The summed E-state index contributed by atoms with van der Waals surface area (Å²) in [7, 11) is 0. The van der Waals surface area contributed by atoms with Gasteiger partial charge in [-0.1, -0.05) is 12.1 Å². The zero-order valence-corrected chi connectivity index (χ0v) is 9.30. The fourth-order valence-electron chi connectivity index (χ4n) is 1.41. The largest absolute Gasteiger partial charge is 0.487 e. The number of aromatic nitrogens is 2. The zero-order valence-electron chi connectivity index (χ0n) is 9.30. The Morgan fingerprint density at radius 1 is 1.47 bits per heavy atom. The van der Waals surface area contributed by atoms with Gasteiger partial charge in [0.2, 0.25) is 0 Å². The van der Waals surface area contributed by atoms with E-state index in [0.29, 0.717) is 5.69 Å². The van der Waals surface area contributed by atoms with Crippen molar-refractivity contribution in [3.05, 3.63) is 47.3 Å². The average Bonchev–Trinajstić information content (AvgIpc) is 2.75. The second-order valence-electron chi connectivity index (χ2n) is 3.69. The summed E-state index contributed by atoms with van der Waals surface area (Å²) >= 11 is 0. The van der Waals surface area contributed by atoms with Crippen molar-refractivity contribution in [2.45, 2.75) is 13.5 Å². The van der Waals surface area contributed by atoms with Crippen molar-refractivity contribution in [2.75, 3.05) is 0 Å². The Bertz CT molecular complexity index is 534. The maximum Gasteiger partial charge on any atom is 0.356 e. The number of aryl methyl sites for hydroxylation is 1. The molecule has 0 aliphatic carbocycles. The number of hydrogen-bond donors (Lipinski definition) is 2. The van der Waals surface area contributed by atoms with Crippen LogP contribution in [0.4, 0.5) is 0 Å². The number of nitrogens with one attached hydrogen (secondary N) is 1. The maximum absolute atomic E-state index is 10.6. The van der Waals surface area contributed by atoms with Crippen molar-refractivity contribution in [3.63, 3.8) is 0 Å². The molecular formula is C12H12N2O3. The first-order valence-electron chi connectivity index (χ1n) is 5.12. The van der Waals surface area contributed by atoms with E-state index in [-0.39, 0.29) is 12.3 Å². The molecule has 1 aromatic heterocycles. The second kappa shape index (κ2) is 4.69. The second-order valence-corrected chi connectivity index (χ2v) is 3.69. The lowest BCUT2D eigenvalue weighted by atomic mass is 10.2. The van der Waals surface area contributed by atoms with Crippen LogP contribution in [-0.4, -0.2) is 21.3 Å². The van der Waals surface area contributed by atoms with Gasteiger partial charge < -0.3 is 9.84 Å². The molecule has 88 valence electrons. The Hall–Kier alpha value is -2.30. The van der Waals surface area contributed by atoms with Gasteiger partial charge in [-0.25, -0.2) is 4.79 Å². The number of carboxylic acid groups (broad SMARTS) is 1. The van der Waals surface area contributed by atoms with Crippen LogP contribution in [0.2, 0.25) is 0 Å². The predicted molar refractivity (Wildman–Crippen MR) is 61.1 cm³/mol. The van der Waals surface area contributed by atoms with E-state index in [9.17, 15) is 4.79 Å². The fraction of sp³-hybridized carbons (Fsp3) is 0.167. The molecule has 0 unspecified atom stereocenters. The van der Waals surface area contributed by atoms with Gasteiger partial charge in [-0.15, -0.1) is 0 Å². The quantitative estimate of drug-likeness (QED) is 0.845. The van der Waals surface area contributed by atoms with Crippen LogP contribution in [0.5, 0.6) is 5.75 Å². The van der Waals surface area contributed by atoms with Crippen LogP contribution in [-0.2, 0) is 6.61 Å². The van der Waals surface area contributed by atoms with E-state index >= 15 is 0 Å². The van der Waals surface area contributed by atoms with E-state index in [1.165, 1.54) is 6.07 Å². The van der Waals surface area contributed by atoms with Crippen molar-refractivity contribution in [2.24, 2.45) is 0 Å². The SMILES string of the molecule is Cc1cccc(OCc2cc(C(=O)O)n[nH]2)c1. The fourth-order valence-corrected chi connectivity index (χ4v) is 1.41. The van der Waals surface area contributed by atoms with Gasteiger partial charge in [0, 0.05) is 0 Å². The highest BCUT2D eigenvalue weighted by atomic mass is 16.5. The van der Waals surface area contributed by atoms with Crippen LogP contribution in [0.15, 0.2) is 30.3 Å². The van der Waals surface area contributed by atoms with E-state index in [1.54, 1.807) is 0 Å². The summed E-state index contributed by atoms with van der Waals surface area (Å²) in [6.07, 6.45) is 0. The van der Waals surface area contributed by atoms with Gasteiger partial charge in [0.05, 0.1) is 5.69 Å². The van der Waals surface area contributed by atoms with Crippen LogP contribution < -0.4 is 4.74 Å². The first-order valence-corrected chi connectivity index (χ1v) is 5.12. The maximum atomic E-state index is 10.6. The molecule has 0 bridgehead atoms. The molecule has 0 saturated carbocycles. The highest BCUT2D eigenvalue weighted by Crippen LogP contribution is 2.14. The van der Waals surface area contributed by atoms with E-state index in [0.717, 1.165) is 11.3 Å². The molecule has 0 radical (unpaired) electrons. The average molecular weight is 232 g/mol. The topological polar surface area (TPSA) is 75.2 Å². The smallest absolute Gasteiger partial charge is 0.356 e. The van der Waals surface area contributed by atoms with Crippen molar-refractivity contribution in [1.82, 2.24) is 10.2 Å². The number of carbonyl (C=O) groups is 1. The number of nitrogens with zero attached hydrogens (tertiary/aromatic N) is 1. The number of H-pyrrole nitrogens is 1. The summed E-state index contributed by atoms with van der Waals surface area (Å²) in [5.41, 5.74) is 1.73. The summed E-state index contributed by atoms with van der Waals surface area (Å²) < 4.78 is 5.50. The first kappa shape index (κ1) is 11.2.